The van der Waals surface area contributed by atoms with E-state index in [2.05, 4.69) is 23.9 Å². The van der Waals surface area contributed by atoms with Crippen molar-refractivity contribution < 1.29 is 23.1 Å². The van der Waals surface area contributed by atoms with Crippen molar-refractivity contribution in [3.63, 3.8) is 0 Å². The van der Waals surface area contributed by atoms with Crippen molar-refractivity contribution in [1.29, 1.82) is 0 Å². The van der Waals surface area contributed by atoms with Crippen molar-refractivity contribution in [2.24, 2.45) is 5.92 Å². The Morgan fingerprint density at radius 1 is 1.00 bits per heavy atom. The van der Waals surface area contributed by atoms with Crippen LogP contribution in [-0.2, 0) is 14.8 Å². The van der Waals surface area contributed by atoms with Crippen LogP contribution in [0.4, 0.5) is 11.4 Å². The van der Waals surface area contributed by atoms with Crippen LogP contribution < -0.4 is 10.0 Å². The van der Waals surface area contributed by atoms with Gasteiger partial charge in [0.05, 0.1) is 16.9 Å². The molecule has 3 aromatic carbocycles. The van der Waals surface area contributed by atoms with Crippen LogP contribution in [0.15, 0.2) is 65.6 Å². The Labute approximate surface area is 188 Å². The van der Waals surface area contributed by atoms with Gasteiger partial charge in [0.1, 0.15) is 4.90 Å². The number of sulfonamides is 1. The Bertz CT molecular complexity index is 1190. The number of benzene rings is 3. The molecule has 0 saturated heterocycles. The molecule has 8 heteroatoms. The van der Waals surface area contributed by atoms with Crippen molar-refractivity contribution in [3.8, 4) is 0 Å². The standard InChI is InChI=1S/C24H28N2O5S/c1-17(2)16-31-15-7-14-25-20-10-5-6-11-22(20)32(29,30)26-21-13-12-18-8-3-4-9-19(18)23(21)24(27)28/h3-6,8-13,17,25-26H,7,14-16H2,1-2H3,(H,27,28). The number of para-hydroxylation sites is 1. The topological polar surface area (TPSA) is 105 Å². The number of rotatable bonds is 11. The molecule has 0 aliphatic carbocycles. The average Bonchev–Trinajstić information content (AvgIpc) is 2.75. The van der Waals surface area contributed by atoms with Crippen LogP contribution in [0.25, 0.3) is 10.8 Å². The Balaban J connectivity index is 1.81. The molecule has 0 radical (unpaired) electrons. The molecule has 0 aliphatic rings. The zero-order valence-electron chi connectivity index (χ0n) is 18.2. The van der Waals surface area contributed by atoms with Crippen molar-refractivity contribution in [3.05, 3.63) is 66.2 Å². The predicted molar refractivity (Wildman–Crippen MR) is 127 cm³/mol. The van der Waals surface area contributed by atoms with E-state index in [1.54, 1.807) is 48.5 Å². The van der Waals surface area contributed by atoms with Gasteiger partial charge in [0.2, 0.25) is 0 Å². The lowest BCUT2D eigenvalue weighted by atomic mass is 10.0. The van der Waals surface area contributed by atoms with E-state index in [9.17, 15) is 18.3 Å². The zero-order chi connectivity index (χ0) is 23.1. The van der Waals surface area contributed by atoms with E-state index < -0.39 is 16.0 Å². The molecule has 0 spiro atoms. The maximum atomic E-state index is 13.2. The summed E-state index contributed by atoms with van der Waals surface area (Å²) in [6, 6.07) is 16.7. The number of ether oxygens (including phenoxy) is 1. The van der Waals surface area contributed by atoms with E-state index in [4.69, 9.17) is 4.74 Å². The van der Waals surface area contributed by atoms with Gasteiger partial charge in [0.15, 0.2) is 0 Å². The molecule has 3 rings (SSSR count). The Kier molecular flexibility index (Phi) is 7.71. The third kappa shape index (κ3) is 5.77. The fourth-order valence-electron chi connectivity index (χ4n) is 3.35. The number of carboxylic acids is 1. The van der Waals surface area contributed by atoms with Gasteiger partial charge in [-0.3, -0.25) is 4.72 Å². The third-order valence-corrected chi connectivity index (χ3v) is 6.22. The highest BCUT2D eigenvalue weighted by atomic mass is 32.2. The first-order chi connectivity index (χ1) is 15.3. The van der Waals surface area contributed by atoms with Crippen molar-refractivity contribution >= 4 is 38.1 Å². The van der Waals surface area contributed by atoms with E-state index >= 15 is 0 Å². The van der Waals surface area contributed by atoms with Gasteiger partial charge in [0, 0.05) is 19.8 Å². The number of nitrogens with one attached hydrogen (secondary N) is 2. The molecule has 0 fully saturated rings. The van der Waals surface area contributed by atoms with Crippen LogP contribution in [0, 0.1) is 5.92 Å². The van der Waals surface area contributed by atoms with Gasteiger partial charge in [-0.2, -0.15) is 0 Å². The quantitative estimate of drug-likeness (QED) is 0.358. The smallest absolute Gasteiger partial charge is 0.338 e. The summed E-state index contributed by atoms with van der Waals surface area (Å²) >= 11 is 0. The van der Waals surface area contributed by atoms with Gasteiger partial charge < -0.3 is 15.2 Å². The minimum absolute atomic E-state index is 0.0214. The SMILES string of the molecule is CC(C)COCCCNc1ccccc1S(=O)(=O)Nc1ccc2ccccc2c1C(=O)O. The molecule has 0 heterocycles. The summed E-state index contributed by atoms with van der Waals surface area (Å²) < 4.78 is 34.4. The summed E-state index contributed by atoms with van der Waals surface area (Å²) in [6.45, 7) is 5.97. The highest BCUT2D eigenvalue weighted by Crippen LogP contribution is 2.30. The normalized spacial score (nSPS) is 11.6. The van der Waals surface area contributed by atoms with Crippen molar-refractivity contribution in [2.75, 3.05) is 29.8 Å². The minimum atomic E-state index is -4.03. The lowest BCUT2D eigenvalue weighted by molar-refractivity contribution is 0.0700. The molecule has 0 saturated carbocycles. The number of anilines is 2. The second kappa shape index (κ2) is 10.5. The largest absolute Gasteiger partial charge is 0.478 e. The molecule has 32 heavy (non-hydrogen) atoms. The van der Waals surface area contributed by atoms with E-state index in [0.29, 0.717) is 36.8 Å². The Morgan fingerprint density at radius 2 is 1.72 bits per heavy atom. The summed E-state index contributed by atoms with van der Waals surface area (Å²) in [5.74, 6) is -0.738. The van der Waals surface area contributed by atoms with Crippen molar-refractivity contribution in [2.45, 2.75) is 25.2 Å². The number of hydrogen-bond donors (Lipinski definition) is 3. The number of fused-ring (bicyclic) bond motifs is 1. The summed E-state index contributed by atoms with van der Waals surface area (Å²) in [7, 11) is -4.03. The molecular formula is C24H28N2O5S. The number of aromatic carboxylic acids is 1. The molecule has 7 nitrogen and oxygen atoms in total. The predicted octanol–water partition coefficient (Wildman–Crippen LogP) is 4.81. The number of carboxylic acid groups (broad SMARTS) is 1. The zero-order valence-corrected chi connectivity index (χ0v) is 19.0. The van der Waals surface area contributed by atoms with E-state index in [1.165, 1.54) is 12.1 Å². The first kappa shape index (κ1) is 23.6. The molecule has 0 aromatic heterocycles. The summed E-state index contributed by atoms with van der Waals surface area (Å²) in [5, 5.41) is 14.1. The van der Waals surface area contributed by atoms with Crippen LogP contribution in [0.1, 0.15) is 30.6 Å². The first-order valence-corrected chi connectivity index (χ1v) is 12.0. The average molecular weight is 457 g/mol. The van der Waals surface area contributed by atoms with E-state index in [-0.39, 0.29) is 16.1 Å². The van der Waals surface area contributed by atoms with Crippen LogP contribution in [0.3, 0.4) is 0 Å². The monoisotopic (exact) mass is 456 g/mol. The lowest BCUT2D eigenvalue weighted by Gasteiger charge is -2.16. The molecule has 0 aliphatic heterocycles. The fourth-order valence-corrected chi connectivity index (χ4v) is 4.61. The van der Waals surface area contributed by atoms with E-state index in [0.717, 1.165) is 11.8 Å². The highest BCUT2D eigenvalue weighted by molar-refractivity contribution is 7.92. The van der Waals surface area contributed by atoms with Crippen LogP contribution in [0.5, 0.6) is 0 Å². The van der Waals surface area contributed by atoms with Gasteiger partial charge in [-0.05, 0) is 41.3 Å². The summed E-state index contributed by atoms with van der Waals surface area (Å²) in [5.41, 5.74) is 0.383. The summed E-state index contributed by atoms with van der Waals surface area (Å²) in [4.78, 5) is 12.0. The lowest BCUT2D eigenvalue weighted by Crippen LogP contribution is -2.18. The number of carbonyl (C=O) groups is 1. The highest BCUT2D eigenvalue weighted by Gasteiger charge is 2.22. The molecule has 3 N–H and O–H groups in total. The van der Waals surface area contributed by atoms with Gasteiger partial charge in [0.25, 0.3) is 10.0 Å². The van der Waals surface area contributed by atoms with Crippen LogP contribution >= 0.6 is 0 Å². The maximum absolute atomic E-state index is 13.2. The first-order valence-electron chi connectivity index (χ1n) is 10.5. The maximum Gasteiger partial charge on any atom is 0.338 e. The van der Waals surface area contributed by atoms with Crippen molar-refractivity contribution in [1.82, 2.24) is 0 Å². The second-order valence-corrected chi connectivity index (χ2v) is 9.52. The fraction of sp³-hybridized carbons (Fsp3) is 0.292. The van der Waals surface area contributed by atoms with Crippen LogP contribution in [-0.4, -0.2) is 39.3 Å². The van der Waals surface area contributed by atoms with Crippen LogP contribution in [0.2, 0.25) is 0 Å². The Morgan fingerprint density at radius 3 is 2.47 bits per heavy atom. The molecule has 170 valence electrons. The summed E-state index contributed by atoms with van der Waals surface area (Å²) in [6.07, 6.45) is 0.725. The van der Waals surface area contributed by atoms with Gasteiger partial charge >= 0.3 is 5.97 Å². The second-order valence-electron chi connectivity index (χ2n) is 7.87. The molecular weight excluding hydrogens is 428 g/mol. The molecule has 3 aromatic rings. The Hall–Kier alpha value is -3.10. The van der Waals surface area contributed by atoms with E-state index in [1.807, 2.05) is 0 Å². The minimum Gasteiger partial charge on any atom is -0.478 e. The molecule has 0 unspecified atom stereocenters. The van der Waals surface area contributed by atoms with Gasteiger partial charge in [-0.15, -0.1) is 0 Å². The molecule has 0 amide bonds. The number of hydrogen-bond acceptors (Lipinski definition) is 5. The molecule has 0 bridgehead atoms. The van der Waals surface area contributed by atoms with Gasteiger partial charge in [-0.1, -0.05) is 56.3 Å². The molecule has 0 atom stereocenters. The van der Waals surface area contributed by atoms with Gasteiger partial charge in [-0.25, -0.2) is 13.2 Å². The third-order valence-electron chi connectivity index (χ3n) is 4.80.